The minimum atomic E-state index is -0.180. The molecule has 1 amide bonds. The summed E-state index contributed by atoms with van der Waals surface area (Å²) in [5.74, 6) is 0.228. The number of fused-ring (bicyclic) bond motifs is 1. The molecule has 156 valence electrons. The van der Waals surface area contributed by atoms with E-state index >= 15 is 0 Å². The maximum Gasteiger partial charge on any atom is 0.264 e. The van der Waals surface area contributed by atoms with Crippen LogP contribution >= 0.6 is 35.0 Å². The molecular weight excluding hydrogens is 437 g/mol. The van der Waals surface area contributed by atoms with Crippen LogP contribution in [0.2, 0.25) is 10.0 Å². The Kier molecular flexibility index (Phi) is 5.64. The van der Waals surface area contributed by atoms with Crippen molar-refractivity contribution in [3.63, 3.8) is 0 Å². The zero-order chi connectivity index (χ0) is 21.6. The summed E-state index contributed by atoms with van der Waals surface area (Å²) in [6, 6.07) is 11.3. The van der Waals surface area contributed by atoms with Gasteiger partial charge in [-0.15, -0.1) is 0 Å². The molecule has 1 N–H and O–H groups in total. The number of amides is 1. The lowest BCUT2D eigenvalue weighted by Crippen LogP contribution is -2.45. The lowest BCUT2D eigenvalue weighted by Gasteiger charge is -2.45. The summed E-state index contributed by atoms with van der Waals surface area (Å²) < 4.78 is 0. The molecule has 2 aromatic rings. The second kappa shape index (κ2) is 7.95. The third-order valence-corrected chi connectivity index (χ3v) is 7.20. The van der Waals surface area contributed by atoms with Gasteiger partial charge in [0.05, 0.1) is 10.6 Å². The van der Waals surface area contributed by atoms with E-state index in [0.717, 1.165) is 17.7 Å². The van der Waals surface area contributed by atoms with Gasteiger partial charge in [0.2, 0.25) is 0 Å². The van der Waals surface area contributed by atoms with Crippen LogP contribution in [0, 0.1) is 0 Å². The van der Waals surface area contributed by atoms with Gasteiger partial charge in [0, 0.05) is 28.3 Å². The molecule has 0 aromatic heterocycles. The molecule has 2 aliphatic heterocycles. The molecule has 1 fully saturated rings. The molecule has 0 radical (unpaired) electrons. The number of carbonyl (C=O) groups is 1. The van der Waals surface area contributed by atoms with E-state index in [1.54, 1.807) is 12.1 Å². The fourth-order valence-electron chi connectivity index (χ4n) is 4.00. The number of amidine groups is 1. The predicted molar refractivity (Wildman–Crippen MR) is 129 cm³/mol. The minimum absolute atomic E-state index is 0.0720. The number of rotatable bonds is 2. The van der Waals surface area contributed by atoms with Crippen LogP contribution in [0.5, 0.6) is 0 Å². The number of anilines is 1. The van der Waals surface area contributed by atoms with Crippen molar-refractivity contribution in [1.82, 2.24) is 5.32 Å². The number of carbonyl (C=O) groups excluding carboxylic acids is 1. The lowest BCUT2D eigenvalue weighted by atomic mass is 9.80. The monoisotopic (exact) mass is 459 g/mol. The molecule has 1 atom stereocenters. The fraction of sp³-hybridized carbons (Fsp3) is 0.304. The summed E-state index contributed by atoms with van der Waals surface area (Å²) >= 11 is 13.9. The quantitative estimate of drug-likeness (QED) is 0.513. The first-order chi connectivity index (χ1) is 14.1. The summed E-state index contributed by atoms with van der Waals surface area (Å²) in [6.45, 7) is 6.73. The number of hydrogen-bond donors (Lipinski definition) is 1. The van der Waals surface area contributed by atoms with E-state index in [1.807, 2.05) is 24.3 Å². The molecule has 2 aromatic carbocycles. The third-order valence-electron chi connectivity index (χ3n) is 5.73. The second-order valence-corrected chi connectivity index (χ2v) is 10.2. The molecule has 0 bridgehead atoms. The number of hydrogen-bond acceptors (Lipinski definition) is 4. The Hall–Kier alpha value is -1.95. The molecule has 4 rings (SSSR count). The highest BCUT2D eigenvalue weighted by atomic mass is 35.5. The van der Waals surface area contributed by atoms with Crippen molar-refractivity contribution in [2.75, 3.05) is 11.9 Å². The number of aliphatic imine (C=N–C) groups is 1. The molecule has 1 unspecified atom stereocenters. The van der Waals surface area contributed by atoms with Crippen molar-refractivity contribution in [2.24, 2.45) is 4.99 Å². The first kappa shape index (κ1) is 21.3. The van der Waals surface area contributed by atoms with Gasteiger partial charge in [0.15, 0.2) is 5.17 Å². The van der Waals surface area contributed by atoms with Crippen LogP contribution in [0.3, 0.4) is 0 Å². The van der Waals surface area contributed by atoms with Crippen molar-refractivity contribution in [1.29, 1.82) is 0 Å². The highest BCUT2D eigenvalue weighted by Crippen LogP contribution is 2.45. The Labute approximate surface area is 191 Å². The van der Waals surface area contributed by atoms with Crippen LogP contribution in [-0.2, 0) is 4.79 Å². The van der Waals surface area contributed by atoms with Crippen LogP contribution in [-0.4, -0.2) is 23.7 Å². The van der Waals surface area contributed by atoms with Crippen LogP contribution in [0.15, 0.2) is 46.3 Å². The van der Waals surface area contributed by atoms with Crippen LogP contribution < -0.4 is 10.2 Å². The Morgan fingerprint density at radius 2 is 2.03 bits per heavy atom. The molecular formula is C23H23Cl2N3OS. The van der Waals surface area contributed by atoms with Gasteiger partial charge < -0.3 is 10.2 Å². The number of thioether (sulfide) groups is 1. The summed E-state index contributed by atoms with van der Waals surface area (Å²) in [5.41, 5.74) is 4.01. The van der Waals surface area contributed by atoms with E-state index in [4.69, 9.17) is 23.2 Å². The van der Waals surface area contributed by atoms with Crippen molar-refractivity contribution >= 4 is 63.5 Å². The number of benzene rings is 2. The van der Waals surface area contributed by atoms with Gasteiger partial charge in [0.1, 0.15) is 0 Å². The van der Waals surface area contributed by atoms with Crippen molar-refractivity contribution in [2.45, 2.75) is 38.6 Å². The predicted octanol–water partition coefficient (Wildman–Crippen LogP) is 6.61. The third kappa shape index (κ3) is 4.11. The van der Waals surface area contributed by atoms with Crippen LogP contribution in [0.1, 0.15) is 44.2 Å². The largest absolute Gasteiger partial charge is 0.369 e. The number of nitrogens with zero attached hydrogens (tertiary/aromatic N) is 2. The van der Waals surface area contributed by atoms with Gasteiger partial charge in [-0.3, -0.25) is 4.79 Å². The van der Waals surface area contributed by atoms with Crippen LogP contribution in [0.25, 0.3) is 6.08 Å². The summed E-state index contributed by atoms with van der Waals surface area (Å²) in [7, 11) is 2.11. The number of nitrogens with one attached hydrogen (secondary N) is 1. The van der Waals surface area contributed by atoms with E-state index in [1.165, 1.54) is 17.3 Å². The van der Waals surface area contributed by atoms with E-state index in [-0.39, 0.29) is 11.4 Å². The first-order valence-corrected chi connectivity index (χ1v) is 11.3. The summed E-state index contributed by atoms with van der Waals surface area (Å²) in [4.78, 5) is 19.8. The summed E-state index contributed by atoms with van der Waals surface area (Å²) in [6.07, 6.45) is 2.90. The standard InChI is InChI=1S/C23H23Cl2N3OS/c1-13-12-23(2,3)28(4)19-11-18(25)14(8-17(13)19)9-20-21(29)27-22(30-20)26-16-7-5-6-15(24)10-16/h5-11,13H,12H2,1-4H3,(H,26,27,29)/b20-9+. The average molecular weight is 460 g/mol. The van der Waals surface area contributed by atoms with Gasteiger partial charge in [0.25, 0.3) is 5.91 Å². The SMILES string of the molecule is CC1CC(C)(C)N(C)c2cc(Cl)c(/C=C3/SC(=Nc4cccc(Cl)c4)NC3=O)cc21. The average Bonchev–Trinajstić information content (AvgIpc) is 2.99. The topological polar surface area (TPSA) is 44.7 Å². The maximum atomic E-state index is 12.5. The Balaban J connectivity index is 1.66. The second-order valence-electron chi connectivity index (χ2n) is 8.37. The van der Waals surface area contributed by atoms with E-state index in [2.05, 4.69) is 49.1 Å². The zero-order valence-corrected chi connectivity index (χ0v) is 19.6. The fourth-order valence-corrected chi connectivity index (χ4v) is 5.23. The minimum Gasteiger partial charge on any atom is -0.369 e. The smallest absolute Gasteiger partial charge is 0.264 e. The molecule has 30 heavy (non-hydrogen) atoms. The Bertz CT molecular complexity index is 1090. The number of halogens is 2. The van der Waals surface area contributed by atoms with Gasteiger partial charge in [-0.05, 0) is 85.5 Å². The highest BCUT2D eigenvalue weighted by molar-refractivity contribution is 8.18. The molecule has 7 heteroatoms. The van der Waals surface area contributed by atoms with Gasteiger partial charge in [-0.25, -0.2) is 4.99 Å². The van der Waals surface area contributed by atoms with Crippen molar-refractivity contribution in [3.8, 4) is 0 Å². The molecule has 0 aliphatic carbocycles. The van der Waals surface area contributed by atoms with Crippen molar-refractivity contribution < 1.29 is 4.79 Å². The van der Waals surface area contributed by atoms with Crippen molar-refractivity contribution in [3.05, 3.63) is 62.5 Å². The van der Waals surface area contributed by atoms with Crippen LogP contribution in [0.4, 0.5) is 11.4 Å². The Morgan fingerprint density at radius 3 is 2.77 bits per heavy atom. The van der Waals surface area contributed by atoms with E-state index in [0.29, 0.717) is 31.7 Å². The molecule has 2 heterocycles. The van der Waals surface area contributed by atoms with Gasteiger partial charge >= 0.3 is 0 Å². The molecule has 2 aliphatic rings. The lowest BCUT2D eigenvalue weighted by molar-refractivity contribution is -0.115. The Morgan fingerprint density at radius 1 is 1.27 bits per heavy atom. The molecule has 4 nitrogen and oxygen atoms in total. The van der Waals surface area contributed by atoms with E-state index in [9.17, 15) is 4.79 Å². The van der Waals surface area contributed by atoms with Gasteiger partial charge in [-0.2, -0.15) is 0 Å². The normalized spacial score (nSPS) is 23.1. The first-order valence-electron chi connectivity index (χ1n) is 9.76. The van der Waals surface area contributed by atoms with E-state index < -0.39 is 0 Å². The summed E-state index contributed by atoms with van der Waals surface area (Å²) in [5, 5.41) is 4.57. The van der Waals surface area contributed by atoms with Gasteiger partial charge in [-0.1, -0.05) is 36.2 Å². The zero-order valence-electron chi connectivity index (χ0n) is 17.3. The maximum absolute atomic E-state index is 12.5. The molecule has 0 spiro atoms. The molecule has 1 saturated heterocycles. The highest BCUT2D eigenvalue weighted by Gasteiger charge is 2.34. The molecule has 0 saturated carbocycles.